The van der Waals surface area contributed by atoms with Crippen LogP contribution in [0.1, 0.15) is 25.5 Å². The Morgan fingerprint density at radius 2 is 2.10 bits per heavy atom. The minimum absolute atomic E-state index is 0.272. The molecule has 2 aromatic rings. The zero-order chi connectivity index (χ0) is 14.8. The first-order valence-electron chi connectivity index (χ1n) is 7.49. The Labute approximate surface area is 124 Å². The van der Waals surface area contributed by atoms with E-state index in [2.05, 4.69) is 32.0 Å². The van der Waals surface area contributed by atoms with Gasteiger partial charge in [-0.2, -0.15) is 4.98 Å². The molecular weight excluding hydrogens is 264 g/mol. The van der Waals surface area contributed by atoms with Gasteiger partial charge >= 0.3 is 0 Å². The van der Waals surface area contributed by atoms with Crippen LogP contribution in [0.15, 0.2) is 18.3 Å². The fourth-order valence-electron chi connectivity index (χ4n) is 2.76. The van der Waals surface area contributed by atoms with Crippen molar-refractivity contribution in [2.75, 3.05) is 18.0 Å². The zero-order valence-electron chi connectivity index (χ0n) is 12.6. The molecule has 1 atom stereocenters. The molecule has 1 fully saturated rings. The van der Waals surface area contributed by atoms with Crippen molar-refractivity contribution in [3.63, 3.8) is 0 Å². The molecule has 0 aromatic carbocycles. The molecule has 1 aliphatic heterocycles. The van der Waals surface area contributed by atoms with Gasteiger partial charge in [0, 0.05) is 36.6 Å². The molecule has 1 saturated heterocycles. The Balaban J connectivity index is 1.70. The van der Waals surface area contributed by atoms with Gasteiger partial charge in [0.15, 0.2) is 5.82 Å². The highest BCUT2D eigenvalue weighted by atomic mass is 15.4. The molecule has 1 aliphatic rings. The van der Waals surface area contributed by atoms with E-state index in [1.807, 2.05) is 25.3 Å². The van der Waals surface area contributed by atoms with Gasteiger partial charge in [-0.1, -0.05) is 0 Å². The first-order chi connectivity index (χ1) is 10.1. The summed E-state index contributed by atoms with van der Waals surface area (Å²) >= 11 is 0. The van der Waals surface area contributed by atoms with Gasteiger partial charge in [0.1, 0.15) is 0 Å². The third-order valence-electron chi connectivity index (χ3n) is 4.22. The van der Waals surface area contributed by atoms with Crippen molar-refractivity contribution in [3.8, 4) is 11.4 Å². The summed E-state index contributed by atoms with van der Waals surface area (Å²) < 4.78 is 0. The molecule has 112 valence electrons. The zero-order valence-corrected chi connectivity index (χ0v) is 12.6. The summed E-state index contributed by atoms with van der Waals surface area (Å²) in [5.74, 6) is 2.15. The molecule has 0 bridgehead atoms. The monoisotopic (exact) mass is 286 g/mol. The van der Waals surface area contributed by atoms with Gasteiger partial charge in [-0.15, -0.1) is 5.10 Å². The lowest BCUT2D eigenvalue weighted by molar-refractivity contribution is 0.352. The standard InChI is InChI=1S/C15H22N6/c1-10-3-4-13(9-17-10)14-18-15(20-19-14)21-7-5-12(6-8-21)11(2)16/h3-4,9,11-12H,5-8,16H2,1-2H3,(H,18,19,20). The molecule has 0 amide bonds. The lowest BCUT2D eigenvalue weighted by Crippen LogP contribution is -2.40. The number of aromatic amines is 1. The van der Waals surface area contributed by atoms with E-state index in [9.17, 15) is 0 Å². The Hall–Kier alpha value is -1.95. The number of H-pyrrole nitrogens is 1. The van der Waals surface area contributed by atoms with Crippen LogP contribution in [0, 0.1) is 12.8 Å². The number of piperidine rings is 1. The quantitative estimate of drug-likeness (QED) is 0.898. The average molecular weight is 286 g/mol. The van der Waals surface area contributed by atoms with Crippen LogP contribution in [-0.2, 0) is 0 Å². The van der Waals surface area contributed by atoms with Gasteiger partial charge < -0.3 is 10.6 Å². The lowest BCUT2D eigenvalue weighted by Gasteiger charge is -2.32. The molecule has 0 saturated carbocycles. The third-order valence-corrected chi connectivity index (χ3v) is 4.22. The lowest BCUT2D eigenvalue weighted by atomic mass is 9.91. The second-order valence-electron chi connectivity index (χ2n) is 5.86. The van der Waals surface area contributed by atoms with Gasteiger partial charge in [0.25, 0.3) is 0 Å². The Kier molecular flexibility index (Phi) is 3.88. The molecular formula is C15H22N6. The number of rotatable bonds is 3. The largest absolute Gasteiger partial charge is 0.340 e. The van der Waals surface area contributed by atoms with Crippen LogP contribution in [0.25, 0.3) is 11.4 Å². The number of hydrogen-bond acceptors (Lipinski definition) is 5. The van der Waals surface area contributed by atoms with Gasteiger partial charge in [0.05, 0.1) is 0 Å². The Morgan fingerprint density at radius 1 is 1.33 bits per heavy atom. The SMILES string of the molecule is Cc1ccc(-c2nc(N3CCC(C(C)N)CC3)n[nH]2)cn1. The molecule has 0 aliphatic carbocycles. The van der Waals surface area contributed by atoms with E-state index in [4.69, 9.17) is 5.73 Å². The molecule has 0 radical (unpaired) electrons. The number of anilines is 1. The first kappa shape index (κ1) is 14.0. The minimum Gasteiger partial charge on any atom is -0.340 e. The van der Waals surface area contributed by atoms with Crippen LogP contribution in [0.4, 0.5) is 5.95 Å². The highest BCUT2D eigenvalue weighted by Crippen LogP contribution is 2.24. The number of aryl methyl sites for hydroxylation is 1. The summed E-state index contributed by atoms with van der Waals surface area (Å²) in [6.45, 7) is 6.00. The highest BCUT2D eigenvalue weighted by molar-refractivity contribution is 5.55. The van der Waals surface area contributed by atoms with Gasteiger partial charge in [-0.25, -0.2) is 0 Å². The summed E-state index contributed by atoms with van der Waals surface area (Å²) in [5, 5.41) is 7.34. The second-order valence-corrected chi connectivity index (χ2v) is 5.86. The predicted octanol–water partition coefficient (Wildman–Crippen LogP) is 1.74. The maximum absolute atomic E-state index is 5.98. The van der Waals surface area contributed by atoms with Crippen molar-refractivity contribution in [2.24, 2.45) is 11.7 Å². The summed E-state index contributed by atoms with van der Waals surface area (Å²) in [7, 11) is 0. The van der Waals surface area contributed by atoms with Crippen molar-refractivity contribution >= 4 is 5.95 Å². The minimum atomic E-state index is 0.272. The van der Waals surface area contributed by atoms with E-state index in [1.165, 1.54) is 0 Å². The van der Waals surface area contributed by atoms with Crippen molar-refractivity contribution in [1.29, 1.82) is 0 Å². The molecule has 6 heteroatoms. The fraction of sp³-hybridized carbons (Fsp3) is 0.533. The van der Waals surface area contributed by atoms with E-state index < -0.39 is 0 Å². The van der Waals surface area contributed by atoms with E-state index in [0.29, 0.717) is 5.92 Å². The van der Waals surface area contributed by atoms with Gasteiger partial charge in [-0.05, 0) is 44.7 Å². The maximum atomic E-state index is 5.98. The molecule has 21 heavy (non-hydrogen) atoms. The van der Waals surface area contributed by atoms with Crippen LogP contribution in [0.5, 0.6) is 0 Å². The topological polar surface area (TPSA) is 83.7 Å². The summed E-state index contributed by atoms with van der Waals surface area (Å²) in [4.78, 5) is 11.1. The molecule has 0 spiro atoms. The normalized spacial score (nSPS) is 18.0. The Morgan fingerprint density at radius 3 is 2.71 bits per heavy atom. The number of nitrogens with zero attached hydrogens (tertiary/aromatic N) is 4. The van der Waals surface area contributed by atoms with Crippen molar-refractivity contribution in [2.45, 2.75) is 32.7 Å². The number of nitrogens with one attached hydrogen (secondary N) is 1. The summed E-state index contributed by atoms with van der Waals surface area (Å²) in [6, 6.07) is 4.26. The smallest absolute Gasteiger partial charge is 0.245 e. The molecule has 3 rings (SSSR count). The van der Waals surface area contributed by atoms with Gasteiger partial charge in [-0.3, -0.25) is 10.1 Å². The van der Waals surface area contributed by atoms with Crippen molar-refractivity contribution in [3.05, 3.63) is 24.0 Å². The molecule has 6 nitrogen and oxygen atoms in total. The molecule has 3 N–H and O–H groups in total. The predicted molar refractivity (Wildman–Crippen MR) is 82.9 cm³/mol. The summed E-state index contributed by atoms with van der Waals surface area (Å²) in [6.07, 6.45) is 4.03. The number of pyridine rings is 1. The van der Waals surface area contributed by atoms with E-state index >= 15 is 0 Å². The number of nitrogens with two attached hydrogens (primary N) is 1. The molecule has 2 aromatic heterocycles. The Bertz CT molecular complexity index is 580. The highest BCUT2D eigenvalue weighted by Gasteiger charge is 2.24. The maximum Gasteiger partial charge on any atom is 0.245 e. The van der Waals surface area contributed by atoms with Crippen LogP contribution >= 0.6 is 0 Å². The van der Waals surface area contributed by atoms with Gasteiger partial charge in [0.2, 0.25) is 5.95 Å². The van der Waals surface area contributed by atoms with Crippen molar-refractivity contribution < 1.29 is 0 Å². The first-order valence-corrected chi connectivity index (χ1v) is 7.49. The second kappa shape index (κ2) is 5.81. The average Bonchev–Trinajstić information content (AvgIpc) is 2.98. The van der Waals surface area contributed by atoms with E-state index in [1.54, 1.807) is 0 Å². The third kappa shape index (κ3) is 3.05. The number of aromatic nitrogens is 4. The molecule has 1 unspecified atom stereocenters. The van der Waals surface area contributed by atoms with Crippen molar-refractivity contribution in [1.82, 2.24) is 20.2 Å². The number of hydrogen-bond donors (Lipinski definition) is 2. The molecule has 3 heterocycles. The van der Waals surface area contributed by atoms with Crippen LogP contribution in [0.2, 0.25) is 0 Å². The van der Waals surface area contributed by atoms with Crippen LogP contribution in [-0.4, -0.2) is 39.3 Å². The van der Waals surface area contributed by atoms with Crippen LogP contribution < -0.4 is 10.6 Å². The van der Waals surface area contributed by atoms with Crippen LogP contribution in [0.3, 0.4) is 0 Å². The fourth-order valence-corrected chi connectivity index (χ4v) is 2.76. The van der Waals surface area contributed by atoms with E-state index in [0.717, 1.165) is 49.0 Å². The van der Waals surface area contributed by atoms with E-state index in [-0.39, 0.29) is 6.04 Å². The summed E-state index contributed by atoms with van der Waals surface area (Å²) in [5.41, 5.74) is 7.94.